The van der Waals surface area contributed by atoms with Gasteiger partial charge < -0.3 is 12.2 Å². The van der Waals surface area contributed by atoms with Crippen LogP contribution >= 0.6 is 7.07 Å². The minimum Gasteiger partial charge on any atom is -0.472 e. The Balaban J connectivity index is 2.45. The lowest BCUT2D eigenvalue weighted by Gasteiger charge is -2.22. The van der Waals surface area contributed by atoms with E-state index in [4.69, 9.17) is 21.3 Å². The van der Waals surface area contributed by atoms with Gasteiger partial charge in [0.1, 0.15) is 6.61 Å². The molecule has 0 amide bonds. The summed E-state index contributed by atoms with van der Waals surface area (Å²) in [6.07, 6.45) is 1.14. The molecule has 1 rings (SSSR count). The third-order valence-corrected chi connectivity index (χ3v) is 5.02. The molecule has 0 bridgehead atoms. The molecular weight excluding hydrogens is 193 g/mol. The first-order chi connectivity index (χ1) is 5.61. The summed E-state index contributed by atoms with van der Waals surface area (Å²) in [5.74, 6) is 0.602. The van der Waals surface area contributed by atoms with Crippen LogP contribution in [0.2, 0.25) is 0 Å². The topological polar surface area (TPSA) is 30.5 Å². The fraction of sp³-hybridized carbons (Fsp3) is 1.00. The molecular formula is C7H16NO2PS. The second kappa shape index (κ2) is 4.25. The highest BCUT2D eigenvalue weighted by Gasteiger charge is 2.39. The van der Waals surface area contributed by atoms with Gasteiger partial charge in [-0.05, 0) is 5.92 Å². The molecule has 0 aliphatic carbocycles. The SMILES string of the molecule is CCC(C)[C@H]1CO[P+]([S-])(OC)N1. The Hall–Kier alpha value is 0.660. The lowest BCUT2D eigenvalue weighted by molar-refractivity contribution is 0.280. The zero-order valence-electron chi connectivity index (χ0n) is 7.74. The molecule has 0 spiro atoms. The number of rotatable bonds is 3. The van der Waals surface area contributed by atoms with Crippen molar-refractivity contribution in [2.75, 3.05) is 13.7 Å². The molecule has 0 aromatic carbocycles. The molecule has 1 aliphatic heterocycles. The zero-order valence-corrected chi connectivity index (χ0v) is 9.45. The van der Waals surface area contributed by atoms with E-state index in [1.54, 1.807) is 7.11 Å². The molecule has 1 fully saturated rings. The molecule has 5 heteroatoms. The molecule has 2 unspecified atom stereocenters. The second-order valence-electron chi connectivity index (χ2n) is 3.10. The van der Waals surface area contributed by atoms with E-state index in [1.807, 2.05) is 0 Å². The summed E-state index contributed by atoms with van der Waals surface area (Å²) >= 11 is 5.17. The van der Waals surface area contributed by atoms with E-state index in [0.717, 1.165) is 6.42 Å². The summed E-state index contributed by atoms with van der Waals surface area (Å²) in [5.41, 5.74) is 0. The van der Waals surface area contributed by atoms with E-state index in [1.165, 1.54) is 0 Å². The Morgan fingerprint density at radius 2 is 2.50 bits per heavy atom. The van der Waals surface area contributed by atoms with Gasteiger partial charge in [-0.1, -0.05) is 20.3 Å². The van der Waals surface area contributed by atoms with E-state index in [0.29, 0.717) is 18.6 Å². The Morgan fingerprint density at radius 1 is 1.83 bits per heavy atom. The Labute approximate surface area is 79.9 Å². The van der Waals surface area contributed by atoms with Crippen molar-refractivity contribution in [2.24, 2.45) is 5.92 Å². The van der Waals surface area contributed by atoms with E-state index in [-0.39, 0.29) is 0 Å². The summed E-state index contributed by atoms with van der Waals surface area (Å²) < 4.78 is 10.5. The molecule has 0 aromatic heterocycles. The maximum atomic E-state index is 5.42. The van der Waals surface area contributed by atoms with E-state index in [2.05, 4.69) is 18.9 Å². The van der Waals surface area contributed by atoms with E-state index in [9.17, 15) is 0 Å². The number of hydrogen-bond donors (Lipinski definition) is 1. The molecule has 12 heavy (non-hydrogen) atoms. The molecule has 3 atom stereocenters. The van der Waals surface area contributed by atoms with Crippen LogP contribution in [0.15, 0.2) is 0 Å². The summed E-state index contributed by atoms with van der Waals surface area (Å²) in [7, 11) is -0.487. The molecule has 1 N–H and O–H groups in total. The fourth-order valence-electron chi connectivity index (χ4n) is 1.14. The van der Waals surface area contributed by atoms with Gasteiger partial charge in [0.25, 0.3) is 0 Å². The maximum absolute atomic E-state index is 5.42. The predicted molar refractivity (Wildman–Crippen MR) is 53.6 cm³/mol. The number of nitrogens with one attached hydrogen (secondary N) is 1. The van der Waals surface area contributed by atoms with Crippen molar-refractivity contribution in [1.82, 2.24) is 5.09 Å². The van der Waals surface area contributed by atoms with Crippen molar-refractivity contribution < 1.29 is 9.05 Å². The van der Waals surface area contributed by atoms with Crippen molar-refractivity contribution in [1.29, 1.82) is 0 Å². The van der Waals surface area contributed by atoms with Gasteiger partial charge in [0, 0.05) is 0 Å². The first-order valence-corrected chi connectivity index (χ1v) is 6.83. The minimum atomic E-state index is -2.09. The van der Waals surface area contributed by atoms with Crippen LogP contribution in [0.4, 0.5) is 0 Å². The summed E-state index contributed by atoms with van der Waals surface area (Å²) in [6.45, 7) is 5.06. The molecule has 1 heterocycles. The van der Waals surface area contributed by atoms with Crippen molar-refractivity contribution in [2.45, 2.75) is 26.3 Å². The van der Waals surface area contributed by atoms with Crippen LogP contribution in [-0.4, -0.2) is 19.8 Å². The Morgan fingerprint density at radius 3 is 2.92 bits per heavy atom. The Kier molecular flexibility index (Phi) is 3.80. The van der Waals surface area contributed by atoms with Gasteiger partial charge >= 0.3 is 0 Å². The molecule has 3 nitrogen and oxygen atoms in total. The highest BCUT2D eigenvalue weighted by Crippen LogP contribution is 2.58. The monoisotopic (exact) mass is 209 g/mol. The minimum absolute atomic E-state index is 0.376. The van der Waals surface area contributed by atoms with Gasteiger partial charge in [-0.2, -0.15) is 5.09 Å². The standard InChI is InChI=1S/C7H16NO2PS/c1-4-6(2)7-5-10-11(12,8-7)9-3/h6-7H,4-5H2,1-3H3,(H,8,12)/t6?,7-,11?/m1/s1. The van der Waals surface area contributed by atoms with Crippen molar-refractivity contribution in [3.05, 3.63) is 0 Å². The highest BCUT2D eigenvalue weighted by molar-refractivity contribution is 8.37. The third kappa shape index (κ3) is 2.33. The quantitative estimate of drug-likeness (QED) is 0.568. The van der Waals surface area contributed by atoms with Crippen LogP contribution in [0.1, 0.15) is 20.3 Å². The first-order valence-electron chi connectivity index (χ1n) is 4.19. The van der Waals surface area contributed by atoms with Gasteiger partial charge in [0.05, 0.1) is 13.2 Å². The smallest absolute Gasteiger partial charge is 0.228 e. The average molecular weight is 209 g/mol. The fourth-order valence-corrected chi connectivity index (χ4v) is 3.10. The third-order valence-electron chi connectivity index (χ3n) is 2.32. The maximum Gasteiger partial charge on any atom is 0.228 e. The number of hydrogen-bond acceptors (Lipinski definition) is 4. The van der Waals surface area contributed by atoms with Crippen molar-refractivity contribution in [3.63, 3.8) is 0 Å². The lowest BCUT2D eigenvalue weighted by atomic mass is 10.0. The molecule has 0 saturated carbocycles. The largest absolute Gasteiger partial charge is 0.472 e. The van der Waals surface area contributed by atoms with E-state index < -0.39 is 7.07 Å². The van der Waals surface area contributed by atoms with E-state index >= 15 is 0 Å². The lowest BCUT2D eigenvalue weighted by Crippen LogP contribution is -2.29. The average Bonchev–Trinajstić information content (AvgIpc) is 2.48. The zero-order chi connectivity index (χ0) is 9.19. The molecule has 0 radical (unpaired) electrons. The van der Waals surface area contributed by atoms with Crippen LogP contribution in [0.25, 0.3) is 0 Å². The van der Waals surface area contributed by atoms with Gasteiger partial charge in [-0.25, -0.2) is 9.05 Å². The summed E-state index contributed by atoms with van der Waals surface area (Å²) in [6, 6.07) is 0.376. The normalized spacial score (nSPS) is 38.5. The van der Waals surface area contributed by atoms with Crippen LogP contribution in [0.3, 0.4) is 0 Å². The van der Waals surface area contributed by atoms with Crippen molar-refractivity contribution in [3.8, 4) is 0 Å². The van der Waals surface area contributed by atoms with Crippen molar-refractivity contribution >= 4 is 19.3 Å². The Bertz CT molecular complexity index is 160. The molecule has 72 valence electrons. The molecule has 1 aliphatic rings. The van der Waals surface area contributed by atoms with Crippen LogP contribution in [0.5, 0.6) is 0 Å². The van der Waals surface area contributed by atoms with Gasteiger partial charge in [-0.3, -0.25) is 0 Å². The molecule has 1 saturated heterocycles. The first kappa shape index (κ1) is 10.7. The summed E-state index contributed by atoms with van der Waals surface area (Å²) in [5, 5.41) is 3.25. The highest BCUT2D eigenvalue weighted by atomic mass is 32.7. The van der Waals surface area contributed by atoms with Gasteiger partial charge in [-0.15, -0.1) is 0 Å². The van der Waals surface area contributed by atoms with Crippen LogP contribution in [0, 0.1) is 5.92 Å². The predicted octanol–water partition coefficient (Wildman–Crippen LogP) is 1.89. The molecule has 0 aromatic rings. The van der Waals surface area contributed by atoms with Crippen LogP contribution in [-0.2, 0) is 21.3 Å². The summed E-state index contributed by atoms with van der Waals surface area (Å²) in [4.78, 5) is 0. The van der Waals surface area contributed by atoms with Gasteiger partial charge in [0.2, 0.25) is 7.07 Å². The van der Waals surface area contributed by atoms with Gasteiger partial charge in [0.15, 0.2) is 0 Å². The second-order valence-corrected chi connectivity index (χ2v) is 6.42. The van der Waals surface area contributed by atoms with Crippen LogP contribution < -0.4 is 5.09 Å².